The van der Waals surface area contributed by atoms with Crippen molar-refractivity contribution in [1.29, 1.82) is 0 Å². The molecule has 3 rings (SSSR count). The minimum Gasteiger partial charge on any atom is -0.603 e. The van der Waals surface area contributed by atoms with E-state index in [1.807, 2.05) is 11.9 Å². The van der Waals surface area contributed by atoms with Crippen molar-refractivity contribution in [3.05, 3.63) is 45.3 Å². The van der Waals surface area contributed by atoms with E-state index in [-0.39, 0.29) is 57.7 Å². The molecule has 1 aromatic heterocycles. The molecule has 0 aliphatic carbocycles. The standard InChI is InChI=1S/C17H14F3N8O2S.Ni/c1-21-14-15(22-2)28(4)16(23-14)25-24-11-8-10-6-5-7-27(3)13(10)9-12(11)26-31-30-29-17(18,19)20;/h8-9H,5-7H2,3-4H3;/q-1;+2. The van der Waals surface area contributed by atoms with E-state index in [0.717, 1.165) is 30.6 Å². The molecule has 0 saturated heterocycles. The predicted octanol–water partition coefficient (Wildman–Crippen LogP) is 6.35. The fourth-order valence-corrected chi connectivity index (χ4v) is 3.27. The summed E-state index contributed by atoms with van der Waals surface area (Å²) in [5.74, 6) is -0.0482. The van der Waals surface area contributed by atoms with E-state index in [4.69, 9.17) is 13.1 Å². The Morgan fingerprint density at radius 1 is 1.22 bits per heavy atom. The number of aromatic nitrogens is 2. The summed E-state index contributed by atoms with van der Waals surface area (Å²) in [6.07, 6.45) is -3.24. The number of fused-ring (bicyclic) bond motifs is 1. The van der Waals surface area contributed by atoms with Gasteiger partial charge < -0.3 is 19.3 Å². The van der Waals surface area contributed by atoms with Crippen molar-refractivity contribution in [3.63, 3.8) is 0 Å². The zero-order valence-electron chi connectivity index (χ0n) is 16.5. The number of alkyl halides is 3. The summed E-state index contributed by atoms with van der Waals surface area (Å²) in [5, 5.41) is 8.12. The number of nitrogens with zero attached hydrogens (tertiary/aromatic N) is 8. The molecular formula is C17H14F3N8NiO2S+. The minimum atomic E-state index is -4.96. The largest absolute Gasteiger partial charge is 2.00 e. The van der Waals surface area contributed by atoms with Gasteiger partial charge in [0.05, 0.1) is 12.7 Å². The molecule has 1 aliphatic rings. The zero-order valence-corrected chi connectivity index (χ0v) is 18.3. The Balaban J connectivity index is 0.00000363. The number of anilines is 1. The van der Waals surface area contributed by atoms with E-state index in [1.54, 1.807) is 12.1 Å². The van der Waals surface area contributed by atoms with Gasteiger partial charge in [-0.2, -0.15) is 4.33 Å². The number of hydrogen-bond donors (Lipinski definition) is 0. The van der Waals surface area contributed by atoms with Crippen LogP contribution in [-0.2, 0) is 39.2 Å². The van der Waals surface area contributed by atoms with E-state index in [1.165, 1.54) is 11.6 Å². The topological polar surface area (TPSA) is 87.1 Å². The minimum absolute atomic E-state index is 0. The van der Waals surface area contributed by atoms with Crippen molar-refractivity contribution in [2.45, 2.75) is 19.2 Å². The van der Waals surface area contributed by atoms with Gasteiger partial charge in [0.1, 0.15) is 0 Å². The number of azo groups is 1. The van der Waals surface area contributed by atoms with E-state index in [0.29, 0.717) is 0 Å². The normalized spacial score (nSPS) is 13.3. The number of benzene rings is 1. The maximum atomic E-state index is 12.1. The second kappa shape index (κ2) is 10.7. The average molecular weight is 510 g/mol. The van der Waals surface area contributed by atoms with Crippen molar-refractivity contribution in [1.82, 2.24) is 9.55 Å². The molecule has 1 aliphatic heterocycles. The summed E-state index contributed by atoms with van der Waals surface area (Å²) in [6.45, 7) is 15.1. The summed E-state index contributed by atoms with van der Waals surface area (Å²) in [4.78, 5) is 15.7. The van der Waals surface area contributed by atoms with Crippen LogP contribution in [0.25, 0.3) is 14.4 Å². The van der Waals surface area contributed by atoms with Gasteiger partial charge >= 0.3 is 28.8 Å². The van der Waals surface area contributed by atoms with Crippen molar-refractivity contribution in [2.75, 3.05) is 18.5 Å². The molecule has 170 valence electrons. The van der Waals surface area contributed by atoms with Gasteiger partial charge in [0.2, 0.25) is 0 Å². The molecular weight excluding hydrogens is 496 g/mol. The van der Waals surface area contributed by atoms with Crippen LogP contribution in [0.4, 0.5) is 47.8 Å². The maximum absolute atomic E-state index is 12.1. The molecule has 32 heavy (non-hydrogen) atoms. The van der Waals surface area contributed by atoms with Crippen molar-refractivity contribution >= 4 is 46.9 Å². The molecule has 1 aromatic carbocycles. The molecule has 0 radical (unpaired) electrons. The molecule has 0 bridgehead atoms. The Morgan fingerprint density at radius 3 is 2.59 bits per heavy atom. The molecule has 2 aromatic rings. The van der Waals surface area contributed by atoms with Crippen molar-refractivity contribution < 1.29 is 38.9 Å². The molecule has 0 unspecified atom stereocenters. The number of halogens is 3. The first-order chi connectivity index (χ1) is 14.7. The number of hydrogen-bond acceptors (Lipinski definition) is 7. The van der Waals surface area contributed by atoms with E-state index < -0.39 is 6.36 Å². The van der Waals surface area contributed by atoms with Gasteiger partial charge in [0.25, 0.3) is 11.6 Å². The van der Waals surface area contributed by atoms with Crippen LogP contribution in [0.1, 0.15) is 12.0 Å². The summed E-state index contributed by atoms with van der Waals surface area (Å²) in [6, 6.07) is 3.40. The van der Waals surface area contributed by atoms with E-state index >= 15 is 0 Å². The van der Waals surface area contributed by atoms with Crippen LogP contribution in [0.15, 0.2) is 22.4 Å². The Morgan fingerprint density at radius 2 is 1.97 bits per heavy atom. The maximum Gasteiger partial charge on any atom is 2.00 e. The summed E-state index contributed by atoms with van der Waals surface area (Å²) in [7, 11) is 3.42. The Kier molecular flexibility index (Phi) is 8.47. The molecule has 15 heteroatoms. The Labute approximate surface area is 195 Å². The van der Waals surface area contributed by atoms with Gasteiger partial charge in [-0.25, -0.2) is 4.57 Å². The van der Waals surface area contributed by atoms with Gasteiger partial charge in [0, 0.05) is 19.3 Å². The SMILES string of the molecule is [C-]#[N+]c1nc(N=Nc2cc3c(cc2[N-]SOOC(F)(F)F)N(C)CCC3)n(C)c1[N+]#[C-].[Ni+2]. The van der Waals surface area contributed by atoms with Gasteiger partial charge in [-0.15, -0.1) is 23.2 Å². The molecule has 0 N–H and O–H groups in total. The molecule has 10 nitrogen and oxygen atoms in total. The van der Waals surface area contributed by atoms with Crippen molar-refractivity contribution in [3.8, 4) is 0 Å². The van der Waals surface area contributed by atoms with Crippen LogP contribution in [-0.4, -0.2) is 29.5 Å². The van der Waals surface area contributed by atoms with Crippen LogP contribution in [0.3, 0.4) is 0 Å². The summed E-state index contributed by atoms with van der Waals surface area (Å²) < 4.78 is 45.5. The van der Waals surface area contributed by atoms with Crippen LogP contribution in [0.2, 0.25) is 0 Å². The smallest absolute Gasteiger partial charge is 0.603 e. The van der Waals surface area contributed by atoms with Gasteiger partial charge in [-0.05, 0) is 24.5 Å². The molecule has 0 amide bonds. The molecule has 0 atom stereocenters. The van der Waals surface area contributed by atoms with Crippen LogP contribution in [0.5, 0.6) is 0 Å². The fourth-order valence-electron chi connectivity index (χ4n) is 2.91. The third-order valence-corrected chi connectivity index (χ3v) is 4.70. The summed E-state index contributed by atoms with van der Waals surface area (Å²) in [5.41, 5.74) is 2.30. The van der Waals surface area contributed by atoms with E-state index in [9.17, 15) is 13.2 Å². The van der Waals surface area contributed by atoms with Gasteiger partial charge in [-0.1, -0.05) is 47.2 Å². The number of rotatable bonds is 6. The summed E-state index contributed by atoms with van der Waals surface area (Å²) >= 11 is 0.100. The Hall–Kier alpha value is -2.84. The van der Waals surface area contributed by atoms with Crippen LogP contribution in [0, 0.1) is 13.1 Å². The average Bonchev–Trinajstić information content (AvgIpc) is 3.04. The first-order valence-corrected chi connectivity index (χ1v) is 9.34. The third-order valence-electron chi connectivity index (χ3n) is 4.30. The van der Waals surface area contributed by atoms with Crippen LogP contribution >= 0.6 is 12.2 Å². The molecule has 0 fully saturated rings. The monoisotopic (exact) mass is 509 g/mol. The van der Waals surface area contributed by atoms with Crippen LogP contribution < -0.4 is 4.90 Å². The number of imidazole rings is 1. The third kappa shape index (κ3) is 5.89. The van der Waals surface area contributed by atoms with Gasteiger partial charge in [-0.3, -0.25) is 0 Å². The second-order valence-corrected chi connectivity index (χ2v) is 6.77. The first-order valence-electron chi connectivity index (χ1n) is 8.64. The first kappa shape index (κ1) is 25.4. The van der Waals surface area contributed by atoms with Gasteiger partial charge in [0.15, 0.2) is 0 Å². The zero-order chi connectivity index (χ0) is 22.6. The molecule has 0 saturated carbocycles. The van der Waals surface area contributed by atoms with E-state index in [2.05, 4.69) is 38.8 Å². The fraction of sp³-hybridized carbons (Fsp3) is 0.353. The Bertz CT molecular complexity index is 1090. The van der Waals surface area contributed by atoms with Crippen molar-refractivity contribution in [2.24, 2.45) is 17.3 Å². The second-order valence-electron chi connectivity index (χ2n) is 6.30. The molecule has 2 heterocycles. The predicted molar refractivity (Wildman–Crippen MR) is 107 cm³/mol. The number of aryl methyl sites for hydroxylation is 1. The molecule has 0 spiro atoms. The quantitative estimate of drug-likeness (QED) is 0.0661.